The van der Waals surface area contributed by atoms with Crippen LogP contribution in [0, 0.1) is 0 Å². The van der Waals surface area contributed by atoms with Gasteiger partial charge in [0.1, 0.15) is 6.04 Å². The third kappa shape index (κ3) is 2.79. The third-order valence-electron chi connectivity index (χ3n) is 3.23. The minimum atomic E-state index is -0.619. The quantitative estimate of drug-likeness (QED) is 0.869. The molecule has 0 radical (unpaired) electrons. The molecule has 0 saturated carbocycles. The maximum Gasteiger partial charge on any atom is 0.328 e. The molecule has 0 aliphatic heterocycles. The van der Waals surface area contributed by atoms with Crippen molar-refractivity contribution in [1.82, 2.24) is 5.32 Å². The summed E-state index contributed by atoms with van der Waals surface area (Å²) in [6.07, 6.45) is 0.489. The number of amides is 1. The molecule has 1 amide bonds. The Hall–Kier alpha value is -2.36. The molecule has 0 bridgehead atoms. The smallest absolute Gasteiger partial charge is 0.328 e. The van der Waals surface area contributed by atoms with Gasteiger partial charge in [-0.1, -0.05) is 43.3 Å². The molecule has 0 aliphatic carbocycles. The van der Waals surface area contributed by atoms with Gasteiger partial charge >= 0.3 is 5.97 Å². The van der Waals surface area contributed by atoms with Crippen molar-refractivity contribution in [3.8, 4) is 0 Å². The maximum atomic E-state index is 12.3. The first-order chi connectivity index (χ1) is 9.67. The summed E-state index contributed by atoms with van der Waals surface area (Å²) in [5.41, 5.74) is 0.561. The van der Waals surface area contributed by atoms with Crippen LogP contribution in [-0.4, -0.2) is 25.0 Å². The van der Waals surface area contributed by atoms with E-state index in [4.69, 9.17) is 0 Å². The lowest BCUT2D eigenvalue weighted by Gasteiger charge is -2.15. The molecule has 0 saturated heterocycles. The van der Waals surface area contributed by atoms with E-state index in [1.165, 1.54) is 7.11 Å². The number of hydrogen-bond acceptors (Lipinski definition) is 3. The second-order valence-electron chi connectivity index (χ2n) is 4.48. The molecular formula is C16H17NO3. The van der Waals surface area contributed by atoms with Gasteiger partial charge < -0.3 is 10.1 Å². The van der Waals surface area contributed by atoms with Crippen molar-refractivity contribution in [2.45, 2.75) is 19.4 Å². The Bertz CT molecular complexity index is 631. The topological polar surface area (TPSA) is 55.4 Å². The SMILES string of the molecule is CC[C@@H](NC(=O)c1cccc2ccccc12)C(=O)OC. The molecule has 1 atom stereocenters. The average molecular weight is 271 g/mol. The number of ether oxygens (including phenoxy) is 1. The van der Waals surface area contributed by atoms with E-state index >= 15 is 0 Å². The number of esters is 1. The Kier molecular flexibility index (Phi) is 4.35. The van der Waals surface area contributed by atoms with E-state index in [9.17, 15) is 9.59 Å². The Morgan fingerprint density at radius 3 is 2.55 bits per heavy atom. The number of rotatable bonds is 4. The number of methoxy groups -OCH3 is 1. The standard InChI is InChI=1S/C16H17NO3/c1-3-14(16(19)20-2)17-15(18)13-10-6-8-11-7-4-5-9-12(11)13/h4-10,14H,3H2,1-2H3,(H,17,18)/t14-/m1/s1. The van der Waals surface area contributed by atoms with Gasteiger partial charge in [-0.25, -0.2) is 4.79 Å². The normalized spacial score (nSPS) is 11.9. The first-order valence-electron chi connectivity index (χ1n) is 6.53. The third-order valence-corrected chi connectivity index (χ3v) is 3.23. The van der Waals surface area contributed by atoms with Crippen molar-refractivity contribution in [3.05, 3.63) is 48.0 Å². The number of fused-ring (bicyclic) bond motifs is 1. The zero-order valence-corrected chi connectivity index (χ0v) is 11.6. The van der Waals surface area contributed by atoms with Crippen LogP contribution in [0.3, 0.4) is 0 Å². The number of hydrogen-bond donors (Lipinski definition) is 1. The van der Waals surface area contributed by atoms with E-state index < -0.39 is 12.0 Å². The van der Waals surface area contributed by atoms with Crippen molar-refractivity contribution < 1.29 is 14.3 Å². The van der Waals surface area contributed by atoms with E-state index in [1.807, 2.05) is 43.3 Å². The molecule has 0 fully saturated rings. The van der Waals surface area contributed by atoms with Gasteiger partial charge in [0.15, 0.2) is 0 Å². The molecule has 2 aromatic carbocycles. The van der Waals surface area contributed by atoms with Gasteiger partial charge in [-0.3, -0.25) is 4.79 Å². The summed E-state index contributed by atoms with van der Waals surface area (Å²) in [6, 6.07) is 12.6. The summed E-state index contributed by atoms with van der Waals surface area (Å²) in [5.74, 6) is -0.694. The molecule has 104 valence electrons. The zero-order valence-electron chi connectivity index (χ0n) is 11.6. The minimum absolute atomic E-state index is 0.265. The van der Waals surface area contributed by atoms with Gasteiger partial charge in [0.05, 0.1) is 7.11 Å². The van der Waals surface area contributed by atoms with Crippen LogP contribution >= 0.6 is 0 Å². The van der Waals surface area contributed by atoms with Crippen LogP contribution in [0.2, 0.25) is 0 Å². The summed E-state index contributed by atoms with van der Waals surface area (Å²) in [7, 11) is 1.31. The van der Waals surface area contributed by atoms with E-state index in [2.05, 4.69) is 10.1 Å². The second kappa shape index (κ2) is 6.19. The fourth-order valence-electron chi connectivity index (χ4n) is 2.13. The van der Waals surface area contributed by atoms with E-state index in [-0.39, 0.29) is 5.91 Å². The van der Waals surface area contributed by atoms with Crippen molar-refractivity contribution in [2.24, 2.45) is 0 Å². The molecular weight excluding hydrogens is 254 g/mol. The summed E-state index contributed by atoms with van der Waals surface area (Å²) < 4.78 is 4.67. The van der Waals surface area contributed by atoms with Gasteiger partial charge in [-0.15, -0.1) is 0 Å². The van der Waals surface area contributed by atoms with Crippen molar-refractivity contribution in [2.75, 3.05) is 7.11 Å². The van der Waals surface area contributed by atoms with Gasteiger partial charge in [0, 0.05) is 5.56 Å². The molecule has 4 heteroatoms. The lowest BCUT2D eigenvalue weighted by atomic mass is 10.0. The summed E-state index contributed by atoms with van der Waals surface area (Å²) in [6.45, 7) is 1.82. The minimum Gasteiger partial charge on any atom is -0.467 e. The lowest BCUT2D eigenvalue weighted by molar-refractivity contribution is -0.142. The van der Waals surface area contributed by atoms with Gasteiger partial charge in [0.25, 0.3) is 5.91 Å². The van der Waals surface area contributed by atoms with Crippen LogP contribution in [0.15, 0.2) is 42.5 Å². The fraction of sp³-hybridized carbons (Fsp3) is 0.250. The second-order valence-corrected chi connectivity index (χ2v) is 4.48. The molecule has 0 aromatic heterocycles. The van der Waals surface area contributed by atoms with Crippen LogP contribution < -0.4 is 5.32 Å². The Morgan fingerprint density at radius 2 is 1.85 bits per heavy atom. The molecule has 2 rings (SSSR count). The molecule has 1 N–H and O–H groups in total. The van der Waals surface area contributed by atoms with Crippen LogP contribution in [0.1, 0.15) is 23.7 Å². The number of carbonyl (C=O) groups is 2. The molecule has 0 heterocycles. The number of benzene rings is 2. The predicted molar refractivity (Wildman–Crippen MR) is 77.5 cm³/mol. The van der Waals surface area contributed by atoms with E-state index in [0.29, 0.717) is 12.0 Å². The highest BCUT2D eigenvalue weighted by atomic mass is 16.5. The van der Waals surface area contributed by atoms with Crippen LogP contribution in [0.4, 0.5) is 0 Å². The van der Waals surface area contributed by atoms with Crippen LogP contribution in [0.25, 0.3) is 10.8 Å². The van der Waals surface area contributed by atoms with Gasteiger partial charge in [-0.05, 0) is 23.3 Å². The summed E-state index contributed by atoms with van der Waals surface area (Å²) >= 11 is 0. The van der Waals surface area contributed by atoms with Crippen LogP contribution in [0.5, 0.6) is 0 Å². The first-order valence-corrected chi connectivity index (χ1v) is 6.53. The highest BCUT2D eigenvalue weighted by Crippen LogP contribution is 2.18. The number of carbonyl (C=O) groups excluding carboxylic acids is 2. The molecule has 0 spiro atoms. The average Bonchev–Trinajstić information content (AvgIpc) is 2.51. The molecule has 2 aromatic rings. The Balaban J connectivity index is 2.30. The fourth-order valence-corrected chi connectivity index (χ4v) is 2.13. The number of nitrogens with one attached hydrogen (secondary N) is 1. The van der Waals surface area contributed by atoms with E-state index in [1.54, 1.807) is 6.07 Å². The largest absolute Gasteiger partial charge is 0.467 e. The first kappa shape index (κ1) is 14.1. The molecule has 0 aliphatic rings. The Morgan fingerprint density at radius 1 is 1.15 bits per heavy atom. The van der Waals surface area contributed by atoms with Crippen molar-refractivity contribution in [3.63, 3.8) is 0 Å². The summed E-state index contributed by atoms with van der Waals surface area (Å²) in [4.78, 5) is 23.9. The monoisotopic (exact) mass is 271 g/mol. The zero-order chi connectivity index (χ0) is 14.5. The molecule has 20 heavy (non-hydrogen) atoms. The predicted octanol–water partition coefficient (Wildman–Crippen LogP) is 2.52. The Labute approximate surface area is 117 Å². The summed E-state index contributed by atoms with van der Waals surface area (Å²) in [5, 5.41) is 4.57. The van der Waals surface area contributed by atoms with Gasteiger partial charge in [-0.2, -0.15) is 0 Å². The highest BCUT2D eigenvalue weighted by molar-refractivity contribution is 6.07. The van der Waals surface area contributed by atoms with Gasteiger partial charge in [0.2, 0.25) is 0 Å². The molecule has 0 unspecified atom stereocenters. The van der Waals surface area contributed by atoms with Crippen LogP contribution in [-0.2, 0) is 9.53 Å². The maximum absolute atomic E-state index is 12.3. The van der Waals surface area contributed by atoms with E-state index in [0.717, 1.165) is 10.8 Å². The lowest BCUT2D eigenvalue weighted by Crippen LogP contribution is -2.41. The molecule has 4 nitrogen and oxygen atoms in total. The highest BCUT2D eigenvalue weighted by Gasteiger charge is 2.20. The van der Waals surface area contributed by atoms with Crippen molar-refractivity contribution in [1.29, 1.82) is 0 Å². The van der Waals surface area contributed by atoms with Crippen molar-refractivity contribution >= 4 is 22.6 Å².